The SMILES string of the molecule is CNCc1sc(-c2ccc(C)cc2Br)nc1C(F)(F)F. The largest absolute Gasteiger partial charge is 0.434 e. The fraction of sp³-hybridized carbons (Fsp3) is 0.308. The molecule has 0 amide bonds. The molecule has 2 aromatic rings. The van der Waals surface area contributed by atoms with Crippen molar-refractivity contribution in [2.24, 2.45) is 0 Å². The summed E-state index contributed by atoms with van der Waals surface area (Å²) in [5.74, 6) is 0. The monoisotopic (exact) mass is 364 g/mol. The van der Waals surface area contributed by atoms with E-state index in [0.717, 1.165) is 21.4 Å². The molecule has 0 unspecified atom stereocenters. The second-order valence-corrected chi connectivity index (χ2v) is 6.24. The molecule has 1 aromatic carbocycles. The Balaban J connectivity index is 2.53. The van der Waals surface area contributed by atoms with E-state index in [4.69, 9.17) is 0 Å². The lowest BCUT2D eigenvalue weighted by Crippen LogP contribution is -2.12. The molecule has 0 aliphatic rings. The third-order valence-corrected chi connectivity index (χ3v) is 4.40. The molecule has 0 bridgehead atoms. The van der Waals surface area contributed by atoms with E-state index in [-0.39, 0.29) is 11.4 Å². The summed E-state index contributed by atoms with van der Waals surface area (Å²) in [6.45, 7) is 2.07. The summed E-state index contributed by atoms with van der Waals surface area (Å²) in [5.41, 5.74) is 0.899. The van der Waals surface area contributed by atoms with Crippen LogP contribution in [-0.2, 0) is 12.7 Å². The standard InChI is InChI=1S/C13H12BrF3N2S/c1-7-3-4-8(9(14)5-7)12-19-11(13(15,16)17)10(20-12)6-18-2/h3-5,18H,6H2,1-2H3. The van der Waals surface area contributed by atoms with Crippen molar-refractivity contribution in [1.29, 1.82) is 0 Å². The summed E-state index contributed by atoms with van der Waals surface area (Å²) in [5, 5.41) is 3.11. The van der Waals surface area contributed by atoms with E-state index >= 15 is 0 Å². The second-order valence-electron chi connectivity index (χ2n) is 4.30. The number of rotatable bonds is 3. The van der Waals surface area contributed by atoms with Crippen LogP contribution < -0.4 is 5.32 Å². The Hall–Kier alpha value is -0.920. The van der Waals surface area contributed by atoms with Crippen LogP contribution >= 0.6 is 27.3 Å². The molecule has 0 aliphatic carbocycles. The van der Waals surface area contributed by atoms with Gasteiger partial charge in [-0.3, -0.25) is 0 Å². The number of aryl methyl sites for hydroxylation is 1. The van der Waals surface area contributed by atoms with Gasteiger partial charge in [-0.15, -0.1) is 11.3 Å². The van der Waals surface area contributed by atoms with Crippen molar-refractivity contribution in [1.82, 2.24) is 10.3 Å². The summed E-state index contributed by atoms with van der Waals surface area (Å²) in [6.07, 6.45) is -4.43. The number of halogens is 4. The first-order valence-corrected chi connectivity index (χ1v) is 7.42. The first kappa shape index (κ1) is 15.5. The molecule has 1 N–H and O–H groups in total. The van der Waals surface area contributed by atoms with Gasteiger partial charge < -0.3 is 5.32 Å². The lowest BCUT2D eigenvalue weighted by atomic mass is 10.2. The Morgan fingerprint density at radius 1 is 1.35 bits per heavy atom. The Bertz CT molecular complexity index is 623. The zero-order chi connectivity index (χ0) is 14.9. The number of nitrogens with one attached hydrogen (secondary N) is 1. The molecule has 0 spiro atoms. The summed E-state index contributed by atoms with van der Waals surface area (Å²) < 4.78 is 39.7. The number of benzene rings is 1. The molecule has 1 aromatic heterocycles. The van der Waals surface area contributed by atoms with Gasteiger partial charge in [0.2, 0.25) is 0 Å². The summed E-state index contributed by atoms with van der Waals surface area (Å²) in [7, 11) is 1.61. The van der Waals surface area contributed by atoms with E-state index in [9.17, 15) is 13.2 Å². The van der Waals surface area contributed by atoms with Gasteiger partial charge in [-0.1, -0.05) is 28.1 Å². The highest BCUT2D eigenvalue weighted by Gasteiger charge is 2.37. The molecule has 0 saturated carbocycles. The maximum Gasteiger partial charge on any atom is 0.434 e. The fourth-order valence-corrected chi connectivity index (χ4v) is 3.71. The average molecular weight is 365 g/mol. The molecule has 0 atom stereocenters. The molecule has 2 nitrogen and oxygen atoms in total. The van der Waals surface area contributed by atoms with Gasteiger partial charge in [-0.25, -0.2) is 4.98 Å². The van der Waals surface area contributed by atoms with Crippen LogP contribution in [0.25, 0.3) is 10.6 Å². The summed E-state index contributed by atoms with van der Waals surface area (Å²) >= 11 is 4.44. The van der Waals surface area contributed by atoms with Gasteiger partial charge in [-0.05, 0) is 25.6 Å². The Morgan fingerprint density at radius 3 is 2.60 bits per heavy atom. The van der Waals surface area contributed by atoms with Crippen LogP contribution in [0, 0.1) is 6.92 Å². The number of alkyl halides is 3. The van der Waals surface area contributed by atoms with Gasteiger partial charge in [0.25, 0.3) is 0 Å². The molecular weight excluding hydrogens is 353 g/mol. The van der Waals surface area contributed by atoms with Crippen LogP contribution in [-0.4, -0.2) is 12.0 Å². The molecule has 0 saturated heterocycles. The van der Waals surface area contributed by atoms with Gasteiger partial charge in [0.15, 0.2) is 5.69 Å². The molecule has 0 aliphatic heterocycles. The molecule has 2 rings (SSSR count). The van der Waals surface area contributed by atoms with Gasteiger partial charge in [0.05, 0.1) is 4.88 Å². The Kier molecular flexibility index (Phi) is 4.51. The zero-order valence-electron chi connectivity index (χ0n) is 10.8. The van der Waals surface area contributed by atoms with Crippen molar-refractivity contribution in [2.75, 3.05) is 7.05 Å². The maximum atomic E-state index is 13.0. The first-order chi connectivity index (χ1) is 9.32. The smallest absolute Gasteiger partial charge is 0.315 e. The van der Waals surface area contributed by atoms with Crippen LogP contribution in [0.5, 0.6) is 0 Å². The molecule has 7 heteroatoms. The van der Waals surface area contributed by atoms with Gasteiger partial charge in [0, 0.05) is 16.6 Å². The predicted molar refractivity (Wildman–Crippen MR) is 77.8 cm³/mol. The third kappa shape index (κ3) is 3.21. The van der Waals surface area contributed by atoms with E-state index in [0.29, 0.717) is 10.6 Å². The van der Waals surface area contributed by atoms with Crippen molar-refractivity contribution in [3.05, 3.63) is 38.8 Å². The van der Waals surface area contributed by atoms with Crippen molar-refractivity contribution in [3.63, 3.8) is 0 Å². The summed E-state index contributed by atoms with van der Waals surface area (Å²) in [4.78, 5) is 3.98. The number of aromatic nitrogens is 1. The number of nitrogens with zero attached hydrogens (tertiary/aromatic N) is 1. The minimum Gasteiger partial charge on any atom is -0.315 e. The van der Waals surface area contributed by atoms with Crippen molar-refractivity contribution >= 4 is 27.3 Å². The van der Waals surface area contributed by atoms with Gasteiger partial charge in [-0.2, -0.15) is 13.2 Å². The molecule has 20 heavy (non-hydrogen) atoms. The number of hydrogen-bond donors (Lipinski definition) is 1. The molecule has 108 valence electrons. The maximum absolute atomic E-state index is 13.0. The van der Waals surface area contributed by atoms with E-state index in [1.54, 1.807) is 13.1 Å². The highest BCUT2D eigenvalue weighted by atomic mass is 79.9. The zero-order valence-corrected chi connectivity index (χ0v) is 13.2. The predicted octanol–water partition coefficient (Wildman–Crippen LogP) is 4.62. The lowest BCUT2D eigenvalue weighted by molar-refractivity contribution is -0.141. The quantitative estimate of drug-likeness (QED) is 0.859. The fourth-order valence-electron chi connectivity index (χ4n) is 1.76. The van der Waals surface area contributed by atoms with Crippen LogP contribution in [0.3, 0.4) is 0 Å². The number of thiazole rings is 1. The Morgan fingerprint density at radius 2 is 2.05 bits per heavy atom. The van der Waals surface area contributed by atoms with Crippen molar-refractivity contribution < 1.29 is 13.2 Å². The van der Waals surface area contributed by atoms with E-state index < -0.39 is 11.9 Å². The van der Waals surface area contributed by atoms with Crippen LogP contribution in [0.15, 0.2) is 22.7 Å². The topological polar surface area (TPSA) is 24.9 Å². The third-order valence-electron chi connectivity index (χ3n) is 2.66. The normalized spacial score (nSPS) is 11.9. The first-order valence-electron chi connectivity index (χ1n) is 5.81. The van der Waals surface area contributed by atoms with Gasteiger partial charge in [0.1, 0.15) is 5.01 Å². The van der Waals surface area contributed by atoms with E-state index in [1.807, 2.05) is 19.1 Å². The molecular formula is C13H12BrF3N2S. The minimum atomic E-state index is -4.43. The van der Waals surface area contributed by atoms with E-state index in [1.165, 1.54) is 0 Å². The van der Waals surface area contributed by atoms with Crippen LogP contribution in [0.2, 0.25) is 0 Å². The van der Waals surface area contributed by atoms with Crippen LogP contribution in [0.1, 0.15) is 16.1 Å². The summed E-state index contributed by atoms with van der Waals surface area (Å²) in [6, 6.07) is 5.50. The van der Waals surface area contributed by atoms with Crippen LogP contribution in [0.4, 0.5) is 13.2 Å². The average Bonchev–Trinajstić information content (AvgIpc) is 2.73. The highest BCUT2D eigenvalue weighted by Crippen LogP contribution is 2.39. The minimum absolute atomic E-state index is 0.149. The van der Waals surface area contributed by atoms with E-state index in [2.05, 4.69) is 26.2 Å². The van der Waals surface area contributed by atoms with Gasteiger partial charge >= 0.3 is 6.18 Å². The lowest BCUT2D eigenvalue weighted by Gasteiger charge is -2.05. The highest BCUT2D eigenvalue weighted by molar-refractivity contribution is 9.10. The Labute approximate surface area is 127 Å². The number of hydrogen-bond acceptors (Lipinski definition) is 3. The molecule has 0 fully saturated rings. The second kappa shape index (κ2) is 5.83. The molecule has 0 radical (unpaired) electrons. The van der Waals surface area contributed by atoms with Crippen molar-refractivity contribution in [2.45, 2.75) is 19.6 Å². The van der Waals surface area contributed by atoms with Crippen molar-refractivity contribution in [3.8, 4) is 10.6 Å². The molecule has 1 heterocycles.